The quantitative estimate of drug-likeness (QED) is 0.705. The molecule has 5 nitrogen and oxygen atoms in total. The molecular formula is C15H30N2O3. The molecule has 2 unspecified atom stereocenters. The van der Waals surface area contributed by atoms with Crippen molar-refractivity contribution >= 4 is 6.03 Å². The highest BCUT2D eigenvalue weighted by atomic mass is 16.5. The molecule has 2 atom stereocenters. The Bertz CT molecular complexity index is 276. The fourth-order valence-electron chi connectivity index (χ4n) is 2.78. The van der Waals surface area contributed by atoms with Gasteiger partial charge >= 0.3 is 6.03 Å². The van der Waals surface area contributed by atoms with Gasteiger partial charge in [0.25, 0.3) is 0 Å². The van der Waals surface area contributed by atoms with Gasteiger partial charge in [0, 0.05) is 19.1 Å². The van der Waals surface area contributed by atoms with Crippen LogP contribution in [-0.4, -0.2) is 54.0 Å². The van der Waals surface area contributed by atoms with Gasteiger partial charge in [0.2, 0.25) is 0 Å². The maximum atomic E-state index is 12.3. The van der Waals surface area contributed by atoms with Gasteiger partial charge in [-0.2, -0.15) is 0 Å². The molecule has 1 saturated heterocycles. The molecule has 2 N–H and O–H groups in total. The Hall–Kier alpha value is -0.810. The van der Waals surface area contributed by atoms with E-state index in [1.54, 1.807) is 4.90 Å². The van der Waals surface area contributed by atoms with Crippen LogP contribution in [0.1, 0.15) is 52.9 Å². The van der Waals surface area contributed by atoms with Gasteiger partial charge < -0.3 is 20.1 Å². The van der Waals surface area contributed by atoms with E-state index in [2.05, 4.69) is 12.2 Å². The molecular weight excluding hydrogens is 256 g/mol. The molecule has 0 saturated carbocycles. The molecule has 0 aliphatic carbocycles. The minimum Gasteiger partial charge on any atom is -0.395 e. The second-order valence-corrected chi connectivity index (χ2v) is 5.79. The minimum atomic E-state index is -0.0542. The zero-order valence-electron chi connectivity index (χ0n) is 13.1. The molecule has 0 aromatic carbocycles. The number of nitrogens with zero attached hydrogens (tertiary/aromatic N) is 1. The Morgan fingerprint density at radius 3 is 2.45 bits per heavy atom. The molecule has 1 heterocycles. The summed E-state index contributed by atoms with van der Waals surface area (Å²) in [5.74, 6) is 0. The third-order valence-electron chi connectivity index (χ3n) is 3.71. The van der Waals surface area contributed by atoms with Crippen LogP contribution >= 0.6 is 0 Å². The number of aliphatic hydroxyl groups is 1. The average molecular weight is 286 g/mol. The summed E-state index contributed by atoms with van der Waals surface area (Å²) in [6.07, 6.45) is 5.33. The first-order valence-electron chi connectivity index (χ1n) is 7.88. The van der Waals surface area contributed by atoms with E-state index in [0.717, 1.165) is 32.1 Å². The van der Waals surface area contributed by atoms with Crippen molar-refractivity contribution in [1.82, 2.24) is 10.2 Å². The first-order chi connectivity index (χ1) is 9.56. The number of aliphatic hydroxyl groups excluding tert-OH is 1. The average Bonchev–Trinajstić information content (AvgIpc) is 2.36. The molecule has 0 aromatic heterocycles. The van der Waals surface area contributed by atoms with Gasteiger partial charge in [0.1, 0.15) is 0 Å². The maximum Gasteiger partial charge on any atom is 0.317 e. The van der Waals surface area contributed by atoms with Crippen LogP contribution < -0.4 is 5.32 Å². The van der Waals surface area contributed by atoms with Gasteiger partial charge in [0.05, 0.1) is 18.8 Å². The number of hydrogen-bond acceptors (Lipinski definition) is 3. The Labute approximate surface area is 122 Å². The van der Waals surface area contributed by atoms with Gasteiger partial charge in [-0.1, -0.05) is 19.8 Å². The smallest absolute Gasteiger partial charge is 0.317 e. The van der Waals surface area contributed by atoms with Crippen LogP contribution in [0.15, 0.2) is 0 Å². The number of urea groups is 1. The fraction of sp³-hybridized carbons (Fsp3) is 0.933. The highest BCUT2D eigenvalue weighted by Gasteiger charge is 2.26. The van der Waals surface area contributed by atoms with Gasteiger partial charge in [-0.05, 0) is 33.1 Å². The van der Waals surface area contributed by atoms with Crippen molar-refractivity contribution < 1.29 is 14.6 Å². The van der Waals surface area contributed by atoms with Gasteiger partial charge in [-0.3, -0.25) is 0 Å². The van der Waals surface area contributed by atoms with Crippen molar-refractivity contribution in [3.63, 3.8) is 0 Å². The Kier molecular flexibility index (Phi) is 7.92. The molecule has 0 radical (unpaired) electrons. The number of amides is 2. The van der Waals surface area contributed by atoms with Gasteiger partial charge in [-0.25, -0.2) is 4.79 Å². The summed E-state index contributed by atoms with van der Waals surface area (Å²) in [7, 11) is 0. The number of carbonyl (C=O) groups is 1. The second kappa shape index (κ2) is 9.19. The molecule has 1 fully saturated rings. The van der Waals surface area contributed by atoms with Crippen LogP contribution in [0.3, 0.4) is 0 Å². The van der Waals surface area contributed by atoms with Crippen LogP contribution in [0.25, 0.3) is 0 Å². The number of hydrogen-bond donors (Lipinski definition) is 2. The first kappa shape index (κ1) is 17.2. The summed E-state index contributed by atoms with van der Waals surface area (Å²) in [5.41, 5.74) is 0. The minimum absolute atomic E-state index is 0.0140. The highest BCUT2D eigenvalue weighted by Crippen LogP contribution is 2.19. The molecule has 1 aliphatic heterocycles. The van der Waals surface area contributed by atoms with E-state index in [4.69, 9.17) is 9.84 Å². The lowest BCUT2D eigenvalue weighted by Gasteiger charge is -2.34. The van der Waals surface area contributed by atoms with Crippen molar-refractivity contribution in [2.45, 2.75) is 71.1 Å². The van der Waals surface area contributed by atoms with Crippen LogP contribution in [0.2, 0.25) is 0 Å². The van der Waals surface area contributed by atoms with Crippen molar-refractivity contribution in [2.24, 2.45) is 0 Å². The molecule has 0 spiro atoms. The molecule has 1 rings (SSSR count). The third kappa shape index (κ3) is 6.09. The maximum absolute atomic E-state index is 12.3. The lowest BCUT2D eigenvalue weighted by atomic mass is 10.00. The molecule has 5 heteroatoms. The van der Waals surface area contributed by atoms with E-state index in [-0.39, 0.29) is 30.9 Å². The normalized spacial score (nSPS) is 26.3. The van der Waals surface area contributed by atoms with E-state index >= 15 is 0 Å². The van der Waals surface area contributed by atoms with E-state index in [9.17, 15) is 4.79 Å². The number of carbonyl (C=O) groups excluding carboxylic acids is 1. The summed E-state index contributed by atoms with van der Waals surface area (Å²) in [6, 6.07) is 0.120. The SMILES string of the molecule is CCCCCN(CCO)C(=O)NC1CC(C)OC(C)C1. The highest BCUT2D eigenvalue weighted by molar-refractivity contribution is 5.74. The van der Waals surface area contributed by atoms with Gasteiger partial charge in [0.15, 0.2) is 0 Å². The zero-order valence-corrected chi connectivity index (χ0v) is 13.1. The summed E-state index contributed by atoms with van der Waals surface area (Å²) in [6.45, 7) is 7.36. The van der Waals surface area contributed by atoms with Crippen molar-refractivity contribution in [1.29, 1.82) is 0 Å². The monoisotopic (exact) mass is 286 g/mol. The zero-order chi connectivity index (χ0) is 15.0. The van der Waals surface area contributed by atoms with Crippen LogP contribution in [0, 0.1) is 0 Å². The first-order valence-corrected chi connectivity index (χ1v) is 7.88. The molecule has 0 bridgehead atoms. The number of rotatable bonds is 7. The Morgan fingerprint density at radius 2 is 1.90 bits per heavy atom. The largest absolute Gasteiger partial charge is 0.395 e. The summed E-state index contributed by atoms with van der Waals surface area (Å²) < 4.78 is 5.68. The van der Waals surface area contributed by atoms with Crippen LogP contribution in [0.5, 0.6) is 0 Å². The summed E-state index contributed by atoms with van der Waals surface area (Å²) in [5, 5.41) is 12.2. The van der Waals surface area contributed by atoms with E-state index in [0.29, 0.717) is 13.1 Å². The summed E-state index contributed by atoms with van der Waals surface area (Å²) >= 11 is 0. The molecule has 1 aliphatic rings. The van der Waals surface area contributed by atoms with Crippen molar-refractivity contribution in [3.8, 4) is 0 Å². The number of nitrogens with one attached hydrogen (secondary N) is 1. The number of unbranched alkanes of at least 4 members (excludes halogenated alkanes) is 2. The predicted molar refractivity (Wildman–Crippen MR) is 79.7 cm³/mol. The predicted octanol–water partition coefficient (Wildman–Crippen LogP) is 2.14. The van der Waals surface area contributed by atoms with E-state index in [1.807, 2.05) is 13.8 Å². The number of ether oxygens (including phenoxy) is 1. The van der Waals surface area contributed by atoms with E-state index in [1.165, 1.54) is 0 Å². The second-order valence-electron chi connectivity index (χ2n) is 5.79. The van der Waals surface area contributed by atoms with Crippen LogP contribution in [-0.2, 0) is 4.74 Å². The molecule has 20 heavy (non-hydrogen) atoms. The van der Waals surface area contributed by atoms with Gasteiger partial charge in [-0.15, -0.1) is 0 Å². The van der Waals surface area contributed by atoms with Crippen molar-refractivity contribution in [3.05, 3.63) is 0 Å². The van der Waals surface area contributed by atoms with Crippen LogP contribution in [0.4, 0.5) is 4.79 Å². The third-order valence-corrected chi connectivity index (χ3v) is 3.71. The summed E-state index contributed by atoms with van der Waals surface area (Å²) in [4.78, 5) is 14.0. The lowest BCUT2D eigenvalue weighted by Crippen LogP contribution is -2.50. The Balaban J connectivity index is 2.43. The molecule has 0 aromatic rings. The van der Waals surface area contributed by atoms with E-state index < -0.39 is 0 Å². The molecule has 118 valence electrons. The lowest BCUT2D eigenvalue weighted by molar-refractivity contribution is -0.0407. The molecule has 2 amide bonds. The topological polar surface area (TPSA) is 61.8 Å². The fourth-order valence-corrected chi connectivity index (χ4v) is 2.78. The Morgan fingerprint density at radius 1 is 1.25 bits per heavy atom. The standard InChI is InChI=1S/C15H30N2O3/c1-4-5-6-7-17(8-9-18)15(19)16-14-10-12(2)20-13(3)11-14/h12-14,18H,4-11H2,1-3H3,(H,16,19). The van der Waals surface area contributed by atoms with Crippen molar-refractivity contribution in [2.75, 3.05) is 19.7 Å².